The van der Waals surface area contributed by atoms with Crippen molar-refractivity contribution < 1.29 is 32.6 Å². The normalized spacial score (nSPS) is 17.3. The number of hydrogen-bond donors (Lipinski definition) is 3. The van der Waals surface area contributed by atoms with Crippen LogP contribution in [0.2, 0.25) is 0 Å². The van der Waals surface area contributed by atoms with Crippen LogP contribution in [0.15, 0.2) is 53.0 Å². The van der Waals surface area contributed by atoms with Gasteiger partial charge in [-0.2, -0.15) is 13.2 Å². The number of anilines is 1. The van der Waals surface area contributed by atoms with Crippen LogP contribution in [0, 0.1) is 0 Å². The van der Waals surface area contributed by atoms with E-state index in [0.717, 1.165) is 42.9 Å². The van der Waals surface area contributed by atoms with Gasteiger partial charge in [0.05, 0.1) is 42.4 Å². The molecule has 0 saturated carbocycles. The lowest BCUT2D eigenvalue weighted by molar-refractivity contribution is -0.137. The van der Waals surface area contributed by atoms with Crippen molar-refractivity contribution in [2.24, 2.45) is 0 Å². The lowest BCUT2D eigenvalue weighted by Gasteiger charge is -2.38. The zero-order chi connectivity index (χ0) is 31.0. The van der Waals surface area contributed by atoms with Crippen LogP contribution >= 0.6 is 0 Å². The van der Waals surface area contributed by atoms with E-state index in [1.807, 2.05) is 50.0 Å². The zero-order valence-corrected chi connectivity index (χ0v) is 24.8. The minimum Gasteiger partial charge on any atom is -0.506 e. The maximum absolute atomic E-state index is 13.9. The number of allylic oxidation sites excluding steroid dienone is 3. The van der Waals surface area contributed by atoms with Crippen LogP contribution in [-0.4, -0.2) is 104 Å². The van der Waals surface area contributed by atoms with E-state index in [1.54, 1.807) is 0 Å². The number of ether oxygens (including phenoxy) is 1. The third kappa shape index (κ3) is 8.41. The number of phenolic OH excluding ortho intramolecular Hbond substituents is 1. The van der Waals surface area contributed by atoms with Gasteiger partial charge in [0, 0.05) is 40.3 Å². The van der Waals surface area contributed by atoms with Gasteiger partial charge in [0.25, 0.3) is 5.91 Å². The summed E-state index contributed by atoms with van der Waals surface area (Å²) in [5.74, 6) is -1.76. The Bertz CT molecular complexity index is 1220. The molecule has 0 aliphatic carbocycles. The largest absolute Gasteiger partial charge is 0.506 e. The summed E-state index contributed by atoms with van der Waals surface area (Å²) in [7, 11) is 5.40. The first-order chi connectivity index (χ1) is 19.8. The Morgan fingerprint density at radius 2 is 1.86 bits per heavy atom. The van der Waals surface area contributed by atoms with Crippen LogP contribution in [-0.2, 0) is 20.5 Å². The molecule has 42 heavy (non-hydrogen) atoms. The summed E-state index contributed by atoms with van der Waals surface area (Å²) in [5, 5.41) is 14.3. The van der Waals surface area contributed by atoms with Crippen LogP contribution in [0.4, 0.5) is 18.9 Å². The summed E-state index contributed by atoms with van der Waals surface area (Å²) in [6.07, 6.45) is 0.693. The predicted molar refractivity (Wildman–Crippen MR) is 154 cm³/mol. The second kappa shape index (κ2) is 14.5. The van der Waals surface area contributed by atoms with E-state index in [9.17, 15) is 27.9 Å². The van der Waals surface area contributed by atoms with Crippen LogP contribution in [0.1, 0.15) is 32.3 Å². The number of carbonyl (C=O) groups excluding carboxylic acids is 2. The molecule has 3 rings (SSSR count). The lowest BCUT2D eigenvalue weighted by Crippen LogP contribution is -2.49. The second-order valence-electron chi connectivity index (χ2n) is 10.3. The summed E-state index contributed by atoms with van der Waals surface area (Å²) < 4.78 is 44.3. The van der Waals surface area contributed by atoms with Crippen LogP contribution < -0.4 is 10.7 Å². The minimum atomic E-state index is -4.63. The molecule has 2 aliphatic heterocycles. The van der Waals surface area contributed by atoms with Crippen molar-refractivity contribution in [3.63, 3.8) is 0 Å². The van der Waals surface area contributed by atoms with Crippen molar-refractivity contribution in [1.29, 1.82) is 0 Å². The van der Waals surface area contributed by atoms with E-state index >= 15 is 0 Å². The van der Waals surface area contributed by atoms with Crippen molar-refractivity contribution in [2.75, 3.05) is 72.4 Å². The van der Waals surface area contributed by atoms with Gasteiger partial charge in [-0.1, -0.05) is 19.1 Å². The predicted octanol–water partition coefficient (Wildman–Crippen LogP) is 3.36. The number of carbonyl (C=O) groups is 2. The summed E-state index contributed by atoms with van der Waals surface area (Å²) in [6.45, 7) is 7.44. The number of nitrogens with one attached hydrogen (secondary N) is 2. The topological polar surface area (TPSA) is 101 Å². The molecule has 0 atom stereocenters. The number of piperazine rings is 1. The van der Waals surface area contributed by atoms with E-state index in [2.05, 4.69) is 15.6 Å². The quantitative estimate of drug-likeness (QED) is 0.216. The monoisotopic (exact) mass is 594 g/mol. The standard InChI is InChI=1S/C29H41F3N6O4/c1-6-22(34-37(5)24(7-2)20-10-16-42-17-11-20)27(38-14-12-35(3)13-15-38)28(41)36(4)19-26(40)33-23-9-8-21(18-25(23)39)29(30,31)32/h7-10,18,34,39H,6,11-17,19H2,1-5H3,(H,33,40)/b24-7?,27-22+. The minimum absolute atomic E-state index is 0.178. The molecule has 0 bridgehead atoms. The van der Waals surface area contributed by atoms with Gasteiger partial charge in [0.1, 0.15) is 11.4 Å². The molecule has 0 aromatic heterocycles. The Hall–Kier alpha value is -3.71. The maximum atomic E-state index is 13.9. The van der Waals surface area contributed by atoms with Crippen molar-refractivity contribution in [3.8, 4) is 5.75 Å². The Balaban J connectivity index is 1.82. The highest BCUT2D eigenvalue weighted by Gasteiger charge is 2.32. The number of phenols is 1. The summed E-state index contributed by atoms with van der Waals surface area (Å²) in [6, 6.07) is 2.29. The second-order valence-corrected chi connectivity index (χ2v) is 10.3. The Kier molecular flexibility index (Phi) is 11.3. The molecule has 2 amide bonds. The SMILES string of the molecule is CC=C(C1=CCOCC1)N(C)N/C(CC)=C(\C(=O)N(C)CC(=O)Nc1ccc(C(F)(F)F)cc1O)N1CCN(C)CC1. The number of benzene rings is 1. The van der Waals surface area contributed by atoms with Crippen molar-refractivity contribution in [1.82, 2.24) is 25.1 Å². The highest BCUT2D eigenvalue weighted by molar-refractivity contribution is 5.99. The van der Waals surface area contributed by atoms with Gasteiger partial charge in [-0.25, -0.2) is 0 Å². The highest BCUT2D eigenvalue weighted by Crippen LogP contribution is 2.34. The van der Waals surface area contributed by atoms with Gasteiger partial charge in [-0.3, -0.25) is 14.6 Å². The van der Waals surface area contributed by atoms with E-state index < -0.39 is 23.4 Å². The molecule has 2 heterocycles. The fraction of sp³-hybridized carbons (Fsp3) is 0.517. The number of likely N-dealkylation sites (N-methyl/N-ethyl adjacent to an activating group) is 3. The number of alkyl halides is 3. The number of halogens is 3. The van der Waals surface area contributed by atoms with Gasteiger partial charge in [0.15, 0.2) is 0 Å². The van der Waals surface area contributed by atoms with Crippen LogP contribution in [0.5, 0.6) is 5.75 Å². The smallest absolute Gasteiger partial charge is 0.416 e. The average Bonchev–Trinajstić information content (AvgIpc) is 2.95. The number of hydrazine groups is 1. The molecule has 0 radical (unpaired) electrons. The maximum Gasteiger partial charge on any atom is 0.416 e. The molecule has 1 saturated heterocycles. The van der Waals surface area contributed by atoms with Gasteiger partial charge in [-0.05, 0) is 50.6 Å². The first kappa shape index (κ1) is 32.8. The third-order valence-corrected chi connectivity index (χ3v) is 7.22. The molecule has 1 aromatic carbocycles. The Labute approximate surface area is 245 Å². The molecular weight excluding hydrogens is 553 g/mol. The molecular formula is C29H41F3N6O4. The highest BCUT2D eigenvalue weighted by atomic mass is 19.4. The molecule has 232 valence electrons. The first-order valence-corrected chi connectivity index (χ1v) is 13.9. The molecule has 2 aliphatic rings. The number of rotatable bonds is 10. The van der Waals surface area contributed by atoms with E-state index in [0.29, 0.717) is 50.2 Å². The molecule has 10 nitrogen and oxygen atoms in total. The van der Waals surface area contributed by atoms with Gasteiger partial charge >= 0.3 is 6.18 Å². The van der Waals surface area contributed by atoms with Crippen molar-refractivity contribution in [3.05, 3.63) is 58.6 Å². The van der Waals surface area contributed by atoms with Gasteiger partial charge in [-0.15, -0.1) is 0 Å². The van der Waals surface area contributed by atoms with Gasteiger partial charge < -0.3 is 35.3 Å². The molecule has 0 spiro atoms. The van der Waals surface area contributed by atoms with E-state index in [1.165, 1.54) is 11.9 Å². The molecule has 3 N–H and O–H groups in total. The third-order valence-electron chi connectivity index (χ3n) is 7.22. The van der Waals surface area contributed by atoms with Crippen molar-refractivity contribution in [2.45, 2.75) is 32.9 Å². The van der Waals surface area contributed by atoms with E-state index in [-0.39, 0.29) is 18.1 Å². The Morgan fingerprint density at radius 3 is 2.40 bits per heavy atom. The van der Waals surface area contributed by atoms with Gasteiger partial charge in [0.2, 0.25) is 5.91 Å². The van der Waals surface area contributed by atoms with Crippen molar-refractivity contribution >= 4 is 17.5 Å². The summed E-state index contributed by atoms with van der Waals surface area (Å²) in [4.78, 5) is 32.2. The summed E-state index contributed by atoms with van der Waals surface area (Å²) in [5.41, 5.74) is 5.44. The summed E-state index contributed by atoms with van der Waals surface area (Å²) >= 11 is 0. The number of nitrogens with zero attached hydrogens (tertiary/aromatic N) is 4. The number of hydrogen-bond acceptors (Lipinski definition) is 8. The zero-order valence-electron chi connectivity index (χ0n) is 24.8. The fourth-order valence-corrected chi connectivity index (χ4v) is 4.87. The van der Waals surface area contributed by atoms with E-state index in [4.69, 9.17) is 4.74 Å². The Morgan fingerprint density at radius 1 is 1.17 bits per heavy atom. The average molecular weight is 595 g/mol. The number of amides is 2. The van der Waals surface area contributed by atoms with Crippen LogP contribution in [0.25, 0.3) is 0 Å². The van der Waals surface area contributed by atoms with Crippen LogP contribution in [0.3, 0.4) is 0 Å². The lowest BCUT2D eigenvalue weighted by atomic mass is 10.1. The first-order valence-electron chi connectivity index (χ1n) is 13.9. The molecule has 0 unspecified atom stereocenters. The molecule has 13 heteroatoms. The fourth-order valence-electron chi connectivity index (χ4n) is 4.87. The molecule has 1 aromatic rings. The number of aromatic hydroxyl groups is 1. The molecule has 1 fully saturated rings.